The highest BCUT2D eigenvalue weighted by Gasteiger charge is 2.21. The standard InChI is InChI=1S/C18H20N6O/c1-2-16-23-24-17(25-16)11-21-18-14(10-20)13(9-19)12-7-5-3-4-6-8-15(12)22-18/h2-8,11H2,1H3,(H,21,22). The van der Waals surface area contributed by atoms with Crippen LogP contribution in [0.5, 0.6) is 0 Å². The summed E-state index contributed by atoms with van der Waals surface area (Å²) in [5.74, 6) is 1.43. The summed E-state index contributed by atoms with van der Waals surface area (Å²) in [7, 11) is 0. The molecule has 25 heavy (non-hydrogen) atoms. The lowest BCUT2D eigenvalue weighted by molar-refractivity contribution is 0.460. The van der Waals surface area contributed by atoms with E-state index in [1.807, 2.05) is 6.92 Å². The van der Waals surface area contributed by atoms with Crippen molar-refractivity contribution in [3.8, 4) is 12.1 Å². The summed E-state index contributed by atoms with van der Waals surface area (Å²) in [6.45, 7) is 2.21. The van der Waals surface area contributed by atoms with E-state index in [1.165, 1.54) is 6.42 Å². The van der Waals surface area contributed by atoms with Crippen LogP contribution in [0.25, 0.3) is 0 Å². The van der Waals surface area contributed by atoms with Crippen molar-refractivity contribution in [2.75, 3.05) is 5.32 Å². The second-order valence-corrected chi connectivity index (χ2v) is 6.07. The second-order valence-electron chi connectivity index (χ2n) is 6.07. The number of hydrogen-bond donors (Lipinski definition) is 1. The Morgan fingerprint density at radius 2 is 1.72 bits per heavy atom. The van der Waals surface area contributed by atoms with Crippen molar-refractivity contribution in [3.05, 3.63) is 34.2 Å². The van der Waals surface area contributed by atoms with Crippen molar-refractivity contribution in [1.82, 2.24) is 15.2 Å². The first kappa shape index (κ1) is 16.9. The van der Waals surface area contributed by atoms with Crippen LogP contribution < -0.4 is 5.32 Å². The minimum atomic E-state index is 0.276. The molecule has 7 heteroatoms. The first-order valence-corrected chi connectivity index (χ1v) is 8.67. The number of hydrogen-bond acceptors (Lipinski definition) is 7. The summed E-state index contributed by atoms with van der Waals surface area (Å²) in [4.78, 5) is 4.66. The van der Waals surface area contributed by atoms with Crippen molar-refractivity contribution < 1.29 is 4.42 Å². The normalized spacial score (nSPS) is 13.9. The van der Waals surface area contributed by atoms with E-state index < -0.39 is 0 Å². The van der Waals surface area contributed by atoms with E-state index in [-0.39, 0.29) is 6.54 Å². The first-order chi connectivity index (χ1) is 12.3. The summed E-state index contributed by atoms with van der Waals surface area (Å²) >= 11 is 0. The molecule has 3 rings (SSSR count). The number of nitrogens with zero attached hydrogens (tertiary/aromatic N) is 5. The van der Waals surface area contributed by atoms with Gasteiger partial charge in [-0.05, 0) is 31.2 Å². The third-order valence-corrected chi connectivity index (χ3v) is 4.42. The van der Waals surface area contributed by atoms with Gasteiger partial charge < -0.3 is 9.73 Å². The molecule has 1 N–H and O–H groups in total. The highest BCUT2D eigenvalue weighted by atomic mass is 16.4. The summed E-state index contributed by atoms with van der Waals surface area (Å²) in [5, 5.41) is 30.2. The molecule has 0 fully saturated rings. The van der Waals surface area contributed by atoms with Crippen molar-refractivity contribution in [2.24, 2.45) is 0 Å². The fourth-order valence-corrected chi connectivity index (χ4v) is 3.12. The SMILES string of the molecule is CCc1nnc(CNc2nc3c(c(C#N)c2C#N)CCCCCC3)o1. The second kappa shape index (κ2) is 7.76. The molecule has 0 saturated heterocycles. The molecule has 0 unspecified atom stereocenters. The van der Waals surface area contributed by atoms with E-state index in [9.17, 15) is 10.5 Å². The number of aryl methyl sites for hydroxylation is 2. The molecular formula is C18H20N6O. The molecule has 0 atom stereocenters. The van der Waals surface area contributed by atoms with Gasteiger partial charge in [-0.2, -0.15) is 10.5 Å². The molecule has 128 valence electrons. The third-order valence-electron chi connectivity index (χ3n) is 4.42. The van der Waals surface area contributed by atoms with Gasteiger partial charge >= 0.3 is 0 Å². The van der Waals surface area contributed by atoms with Crippen LogP contribution in [0.4, 0.5) is 5.82 Å². The zero-order chi connectivity index (χ0) is 17.6. The fourth-order valence-electron chi connectivity index (χ4n) is 3.12. The zero-order valence-corrected chi connectivity index (χ0v) is 14.3. The molecule has 0 radical (unpaired) electrons. The van der Waals surface area contributed by atoms with E-state index in [1.54, 1.807) is 0 Å². The lowest BCUT2D eigenvalue weighted by atomic mass is 9.92. The minimum Gasteiger partial charge on any atom is -0.423 e. The topological polar surface area (TPSA) is 111 Å². The third kappa shape index (κ3) is 3.61. The highest BCUT2D eigenvalue weighted by molar-refractivity contribution is 5.63. The van der Waals surface area contributed by atoms with E-state index in [2.05, 4.69) is 32.6 Å². The Morgan fingerprint density at radius 1 is 1.00 bits per heavy atom. The average Bonchev–Trinajstić information content (AvgIpc) is 3.08. The van der Waals surface area contributed by atoms with Gasteiger partial charge in [-0.15, -0.1) is 10.2 Å². The van der Waals surface area contributed by atoms with Gasteiger partial charge in [0.2, 0.25) is 11.8 Å². The molecule has 0 aromatic carbocycles. The Balaban J connectivity index is 1.93. The summed E-state index contributed by atoms with van der Waals surface area (Å²) in [5.41, 5.74) is 2.63. The molecule has 2 aromatic rings. The molecule has 7 nitrogen and oxygen atoms in total. The largest absolute Gasteiger partial charge is 0.423 e. The number of rotatable bonds is 4. The maximum Gasteiger partial charge on any atom is 0.235 e. The van der Waals surface area contributed by atoms with Gasteiger partial charge in [0.05, 0.1) is 12.1 Å². The fraction of sp³-hybridized carbons (Fsp3) is 0.500. The predicted octanol–water partition coefficient (Wildman–Crippen LogP) is 3.04. The predicted molar refractivity (Wildman–Crippen MR) is 90.5 cm³/mol. The van der Waals surface area contributed by atoms with Crippen molar-refractivity contribution in [3.63, 3.8) is 0 Å². The van der Waals surface area contributed by atoms with Crippen LogP contribution in [-0.2, 0) is 25.8 Å². The van der Waals surface area contributed by atoms with E-state index in [0.29, 0.717) is 35.1 Å². The van der Waals surface area contributed by atoms with Crippen molar-refractivity contribution in [2.45, 2.75) is 58.4 Å². The molecule has 0 bridgehead atoms. The van der Waals surface area contributed by atoms with Crippen molar-refractivity contribution >= 4 is 5.82 Å². The highest BCUT2D eigenvalue weighted by Crippen LogP contribution is 2.28. The zero-order valence-electron chi connectivity index (χ0n) is 14.3. The quantitative estimate of drug-likeness (QED) is 0.913. The van der Waals surface area contributed by atoms with Gasteiger partial charge in [0, 0.05) is 12.1 Å². The van der Waals surface area contributed by atoms with Gasteiger partial charge in [-0.1, -0.05) is 19.8 Å². The maximum absolute atomic E-state index is 9.62. The summed E-state index contributed by atoms with van der Waals surface area (Å²) < 4.78 is 5.47. The van der Waals surface area contributed by atoms with Crippen LogP contribution >= 0.6 is 0 Å². The van der Waals surface area contributed by atoms with Crippen LogP contribution in [-0.4, -0.2) is 15.2 Å². The number of aromatic nitrogens is 3. The Morgan fingerprint density at radius 3 is 2.40 bits per heavy atom. The number of nitrogens with one attached hydrogen (secondary N) is 1. The summed E-state index contributed by atoms with van der Waals surface area (Å²) in [6, 6.07) is 4.36. The first-order valence-electron chi connectivity index (χ1n) is 8.67. The van der Waals surface area contributed by atoms with E-state index in [4.69, 9.17) is 4.42 Å². The van der Waals surface area contributed by atoms with Crippen LogP contribution in [0.1, 0.15) is 66.8 Å². The van der Waals surface area contributed by atoms with Crippen LogP contribution in [0.2, 0.25) is 0 Å². The molecular weight excluding hydrogens is 316 g/mol. The van der Waals surface area contributed by atoms with Gasteiger partial charge in [0.1, 0.15) is 23.5 Å². The molecule has 2 heterocycles. The monoisotopic (exact) mass is 336 g/mol. The lowest BCUT2D eigenvalue weighted by Crippen LogP contribution is -2.12. The van der Waals surface area contributed by atoms with Crippen LogP contribution in [0, 0.1) is 22.7 Å². The number of anilines is 1. The van der Waals surface area contributed by atoms with Gasteiger partial charge in [0.15, 0.2) is 0 Å². The minimum absolute atomic E-state index is 0.276. The molecule has 0 amide bonds. The molecule has 1 aliphatic carbocycles. The molecule has 2 aromatic heterocycles. The Hall–Kier alpha value is -2.93. The van der Waals surface area contributed by atoms with Crippen molar-refractivity contribution in [1.29, 1.82) is 10.5 Å². The Labute approximate surface area is 146 Å². The molecule has 0 aliphatic heterocycles. The average molecular weight is 336 g/mol. The Kier molecular flexibility index (Phi) is 5.25. The van der Waals surface area contributed by atoms with Crippen LogP contribution in [0.3, 0.4) is 0 Å². The Bertz CT molecular complexity index is 842. The van der Waals surface area contributed by atoms with E-state index in [0.717, 1.165) is 43.4 Å². The summed E-state index contributed by atoms with van der Waals surface area (Å²) in [6.07, 6.45) is 6.74. The van der Waals surface area contributed by atoms with Gasteiger partial charge in [0.25, 0.3) is 0 Å². The van der Waals surface area contributed by atoms with Gasteiger partial charge in [-0.3, -0.25) is 0 Å². The lowest BCUT2D eigenvalue weighted by Gasteiger charge is -2.17. The number of fused-ring (bicyclic) bond motifs is 1. The van der Waals surface area contributed by atoms with E-state index >= 15 is 0 Å². The maximum atomic E-state index is 9.62. The molecule has 0 spiro atoms. The smallest absolute Gasteiger partial charge is 0.235 e. The number of nitriles is 2. The van der Waals surface area contributed by atoms with Crippen LogP contribution in [0.15, 0.2) is 4.42 Å². The number of pyridine rings is 1. The molecule has 1 aliphatic rings. The van der Waals surface area contributed by atoms with Gasteiger partial charge in [-0.25, -0.2) is 4.98 Å². The molecule has 0 saturated carbocycles.